The number of aliphatic hydroxyl groups excluding tert-OH is 1. The SMILES string of the molecule is CC(NCC(O)COCc1cccs1)c1ccc(F)cc1Cl. The summed E-state index contributed by atoms with van der Waals surface area (Å²) in [5, 5.41) is 15.4. The Morgan fingerprint density at radius 3 is 2.91 bits per heavy atom. The number of rotatable bonds is 8. The number of hydrogen-bond donors (Lipinski definition) is 2. The summed E-state index contributed by atoms with van der Waals surface area (Å²) < 4.78 is 18.5. The van der Waals surface area contributed by atoms with Gasteiger partial charge in [0.15, 0.2) is 0 Å². The van der Waals surface area contributed by atoms with Crippen LogP contribution in [0.25, 0.3) is 0 Å². The summed E-state index contributed by atoms with van der Waals surface area (Å²) in [7, 11) is 0. The van der Waals surface area contributed by atoms with Gasteiger partial charge in [-0.15, -0.1) is 11.3 Å². The van der Waals surface area contributed by atoms with E-state index in [1.165, 1.54) is 12.1 Å². The summed E-state index contributed by atoms with van der Waals surface area (Å²) >= 11 is 7.64. The highest BCUT2D eigenvalue weighted by Gasteiger charge is 2.12. The van der Waals surface area contributed by atoms with Gasteiger partial charge in [-0.2, -0.15) is 0 Å². The van der Waals surface area contributed by atoms with Crippen LogP contribution in [-0.2, 0) is 11.3 Å². The molecule has 1 aromatic carbocycles. The lowest BCUT2D eigenvalue weighted by Gasteiger charge is -2.18. The number of nitrogens with one attached hydrogen (secondary N) is 1. The number of halogens is 2. The highest BCUT2D eigenvalue weighted by atomic mass is 35.5. The standard InChI is InChI=1S/C16H19ClFNO2S/c1-11(15-5-4-12(18)7-16(15)17)19-8-13(20)9-21-10-14-3-2-6-22-14/h2-7,11,13,19-20H,8-10H2,1H3. The first kappa shape index (κ1) is 17.4. The molecule has 22 heavy (non-hydrogen) atoms. The molecule has 1 heterocycles. The zero-order valence-electron chi connectivity index (χ0n) is 12.3. The average Bonchev–Trinajstić information content (AvgIpc) is 2.98. The molecule has 0 bridgehead atoms. The van der Waals surface area contributed by atoms with Crippen molar-refractivity contribution in [2.24, 2.45) is 0 Å². The fourth-order valence-corrected chi connectivity index (χ4v) is 3.00. The molecule has 2 unspecified atom stereocenters. The van der Waals surface area contributed by atoms with E-state index in [2.05, 4.69) is 5.32 Å². The van der Waals surface area contributed by atoms with E-state index in [0.717, 1.165) is 10.4 Å². The molecule has 2 atom stereocenters. The second-order valence-corrected chi connectivity index (χ2v) is 6.48. The molecule has 0 saturated carbocycles. The Morgan fingerprint density at radius 2 is 2.23 bits per heavy atom. The molecule has 0 fully saturated rings. The van der Waals surface area contributed by atoms with Gasteiger partial charge >= 0.3 is 0 Å². The summed E-state index contributed by atoms with van der Waals surface area (Å²) in [5.41, 5.74) is 0.801. The Balaban J connectivity index is 1.72. The van der Waals surface area contributed by atoms with E-state index in [0.29, 0.717) is 18.2 Å². The van der Waals surface area contributed by atoms with Crippen molar-refractivity contribution in [3.05, 3.63) is 57.0 Å². The molecular weight excluding hydrogens is 325 g/mol. The van der Waals surface area contributed by atoms with Gasteiger partial charge in [-0.3, -0.25) is 0 Å². The molecule has 3 nitrogen and oxygen atoms in total. The maximum atomic E-state index is 13.0. The van der Waals surface area contributed by atoms with Gasteiger partial charge in [-0.1, -0.05) is 23.7 Å². The summed E-state index contributed by atoms with van der Waals surface area (Å²) in [6.45, 7) is 3.06. The first-order valence-electron chi connectivity index (χ1n) is 7.03. The van der Waals surface area contributed by atoms with Crippen LogP contribution in [0.3, 0.4) is 0 Å². The van der Waals surface area contributed by atoms with Crippen LogP contribution in [-0.4, -0.2) is 24.4 Å². The van der Waals surface area contributed by atoms with E-state index in [4.69, 9.17) is 16.3 Å². The highest BCUT2D eigenvalue weighted by molar-refractivity contribution is 7.09. The van der Waals surface area contributed by atoms with Gasteiger partial charge in [-0.05, 0) is 36.1 Å². The molecule has 1 aromatic heterocycles. The third kappa shape index (κ3) is 5.34. The van der Waals surface area contributed by atoms with Crippen molar-refractivity contribution >= 4 is 22.9 Å². The lowest BCUT2D eigenvalue weighted by atomic mass is 10.1. The van der Waals surface area contributed by atoms with Gasteiger partial charge in [0.1, 0.15) is 5.82 Å². The summed E-state index contributed by atoms with van der Waals surface area (Å²) in [6.07, 6.45) is -0.610. The number of thiophene rings is 1. The molecule has 0 saturated heterocycles. The van der Waals surface area contributed by atoms with Gasteiger partial charge < -0.3 is 15.2 Å². The van der Waals surface area contributed by atoms with Crippen molar-refractivity contribution in [3.63, 3.8) is 0 Å². The Bertz CT molecular complexity index is 580. The molecule has 0 radical (unpaired) electrons. The number of ether oxygens (including phenoxy) is 1. The normalized spacial score (nSPS) is 14.0. The van der Waals surface area contributed by atoms with Crippen molar-refractivity contribution in [1.82, 2.24) is 5.32 Å². The monoisotopic (exact) mass is 343 g/mol. The minimum atomic E-state index is -0.610. The van der Waals surface area contributed by atoms with Crippen molar-refractivity contribution in [2.75, 3.05) is 13.2 Å². The topological polar surface area (TPSA) is 41.5 Å². The Labute approximate surface area is 138 Å². The summed E-state index contributed by atoms with van der Waals surface area (Å²) in [6, 6.07) is 8.19. The van der Waals surface area contributed by atoms with E-state index in [1.54, 1.807) is 17.4 Å². The van der Waals surface area contributed by atoms with Crippen molar-refractivity contribution in [2.45, 2.75) is 25.7 Å². The summed E-state index contributed by atoms with van der Waals surface area (Å²) in [5.74, 6) is -0.358. The Kier molecular flexibility index (Phi) is 6.79. The molecule has 0 aliphatic carbocycles. The van der Waals surface area contributed by atoms with Crippen LogP contribution >= 0.6 is 22.9 Å². The molecule has 2 aromatic rings. The van der Waals surface area contributed by atoms with Gasteiger partial charge in [0.2, 0.25) is 0 Å². The van der Waals surface area contributed by atoms with Crippen LogP contribution in [0.1, 0.15) is 23.4 Å². The molecule has 120 valence electrons. The van der Waals surface area contributed by atoms with Crippen LogP contribution < -0.4 is 5.32 Å². The van der Waals surface area contributed by atoms with Gasteiger partial charge in [0, 0.05) is 22.5 Å². The molecule has 6 heteroatoms. The van der Waals surface area contributed by atoms with Crippen LogP contribution in [0.4, 0.5) is 4.39 Å². The zero-order chi connectivity index (χ0) is 15.9. The van der Waals surface area contributed by atoms with Crippen molar-refractivity contribution in [3.8, 4) is 0 Å². The van der Waals surface area contributed by atoms with E-state index in [-0.39, 0.29) is 18.5 Å². The van der Waals surface area contributed by atoms with Crippen molar-refractivity contribution < 1.29 is 14.2 Å². The third-order valence-electron chi connectivity index (χ3n) is 3.22. The van der Waals surface area contributed by atoms with Gasteiger partial charge in [-0.25, -0.2) is 4.39 Å². The first-order chi connectivity index (χ1) is 10.6. The first-order valence-corrected chi connectivity index (χ1v) is 8.28. The smallest absolute Gasteiger partial charge is 0.124 e. The zero-order valence-corrected chi connectivity index (χ0v) is 13.8. The van der Waals surface area contributed by atoms with Crippen LogP contribution in [0.5, 0.6) is 0 Å². The number of hydrogen-bond acceptors (Lipinski definition) is 4. The maximum Gasteiger partial charge on any atom is 0.124 e. The van der Waals surface area contributed by atoms with E-state index < -0.39 is 6.10 Å². The average molecular weight is 344 g/mol. The van der Waals surface area contributed by atoms with Gasteiger partial charge in [0.25, 0.3) is 0 Å². The van der Waals surface area contributed by atoms with Crippen LogP contribution in [0.15, 0.2) is 35.7 Å². The summed E-state index contributed by atoms with van der Waals surface area (Å²) in [4.78, 5) is 1.13. The second kappa shape index (κ2) is 8.60. The molecule has 2 rings (SSSR count). The molecular formula is C16H19ClFNO2S. The molecule has 0 spiro atoms. The minimum absolute atomic E-state index is 0.0833. The molecule has 0 aliphatic heterocycles. The third-order valence-corrected chi connectivity index (χ3v) is 4.40. The highest BCUT2D eigenvalue weighted by Crippen LogP contribution is 2.23. The van der Waals surface area contributed by atoms with Crippen LogP contribution in [0.2, 0.25) is 5.02 Å². The van der Waals surface area contributed by atoms with Crippen LogP contribution in [0, 0.1) is 5.82 Å². The Morgan fingerprint density at radius 1 is 1.41 bits per heavy atom. The predicted molar refractivity (Wildman–Crippen MR) is 87.8 cm³/mol. The quantitative estimate of drug-likeness (QED) is 0.766. The van der Waals surface area contributed by atoms with Gasteiger partial charge in [0.05, 0.1) is 19.3 Å². The lowest BCUT2D eigenvalue weighted by Crippen LogP contribution is -2.32. The molecule has 0 aliphatic rings. The molecule has 0 amide bonds. The fraction of sp³-hybridized carbons (Fsp3) is 0.375. The maximum absolute atomic E-state index is 13.0. The van der Waals surface area contributed by atoms with Crippen molar-refractivity contribution in [1.29, 1.82) is 0 Å². The predicted octanol–water partition coefficient (Wildman–Crippen LogP) is 3.77. The lowest BCUT2D eigenvalue weighted by molar-refractivity contribution is 0.0288. The second-order valence-electron chi connectivity index (χ2n) is 5.04. The Hall–Kier alpha value is -0.980. The van der Waals surface area contributed by atoms with E-state index in [9.17, 15) is 9.50 Å². The number of benzene rings is 1. The fourth-order valence-electron chi connectivity index (χ4n) is 2.02. The van der Waals surface area contributed by atoms with E-state index >= 15 is 0 Å². The minimum Gasteiger partial charge on any atom is -0.389 e. The van der Waals surface area contributed by atoms with E-state index in [1.807, 2.05) is 24.4 Å². The number of aliphatic hydroxyl groups is 1. The molecule has 2 N–H and O–H groups in total. The largest absolute Gasteiger partial charge is 0.389 e.